The summed E-state index contributed by atoms with van der Waals surface area (Å²) in [5.74, 6) is 0. The number of hydrogen-bond donors (Lipinski definition) is 1. The smallest absolute Gasteiger partial charge is 0.0240 e. The molecule has 2 nitrogen and oxygen atoms in total. The summed E-state index contributed by atoms with van der Waals surface area (Å²) in [7, 11) is 0. The molecule has 1 aliphatic heterocycles. The Morgan fingerprint density at radius 3 is 2.80 bits per heavy atom. The van der Waals surface area contributed by atoms with E-state index in [1.165, 1.54) is 5.71 Å². The Balaban J connectivity index is 2.66. The highest BCUT2D eigenvalue weighted by atomic mass is 14.7. The van der Waals surface area contributed by atoms with E-state index in [9.17, 15) is 0 Å². The van der Waals surface area contributed by atoms with Crippen LogP contribution >= 0.6 is 0 Å². The van der Waals surface area contributed by atoms with E-state index in [2.05, 4.69) is 31.8 Å². The van der Waals surface area contributed by atoms with Gasteiger partial charge in [-0.25, -0.2) is 0 Å². The number of hydrogen-bond acceptors (Lipinski definition) is 2. The fraction of sp³-hybridized carbons (Fsp3) is 0.769. The van der Waals surface area contributed by atoms with E-state index in [-0.39, 0.29) is 5.41 Å². The molecule has 0 aliphatic carbocycles. The van der Waals surface area contributed by atoms with Gasteiger partial charge in [0.05, 0.1) is 0 Å². The van der Waals surface area contributed by atoms with Crippen LogP contribution in [0.2, 0.25) is 0 Å². The van der Waals surface area contributed by atoms with Crippen molar-refractivity contribution < 1.29 is 0 Å². The second kappa shape index (κ2) is 5.45. The van der Waals surface area contributed by atoms with Gasteiger partial charge in [-0.1, -0.05) is 19.9 Å². The van der Waals surface area contributed by atoms with Crippen molar-refractivity contribution in [2.24, 2.45) is 16.1 Å². The molecule has 1 heterocycles. The molecule has 0 aromatic heterocycles. The lowest BCUT2D eigenvalue weighted by molar-refractivity contribution is 0.377. The summed E-state index contributed by atoms with van der Waals surface area (Å²) in [6.45, 7) is 6.66. The molecule has 0 amide bonds. The number of nitrogens with zero attached hydrogens (tertiary/aromatic N) is 1. The van der Waals surface area contributed by atoms with Gasteiger partial charge < -0.3 is 5.73 Å². The SMILES string of the molecule is CC[C@@](C)(CCC(C)N)C1=NC=CCC1. The zero-order chi connectivity index (χ0) is 11.3. The van der Waals surface area contributed by atoms with Crippen LogP contribution in [-0.4, -0.2) is 11.8 Å². The minimum atomic E-state index is 0.262. The van der Waals surface area contributed by atoms with Crippen molar-refractivity contribution in [3.8, 4) is 0 Å². The Morgan fingerprint density at radius 2 is 2.33 bits per heavy atom. The van der Waals surface area contributed by atoms with Gasteiger partial charge in [0.25, 0.3) is 0 Å². The molecule has 1 rings (SSSR count). The van der Waals surface area contributed by atoms with Crippen molar-refractivity contribution in [1.82, 2.24) is 0 Å². The van der Waals surface area contributed by atoms with Gasteiger partial charge in [0.1, 0.15) is 0 Å². The van der Waals surface area contributed by atoms with E-state index in [1.807, 2.05) is 6.20 Å². The molecule has 0 aromatic carbocycles. The van der Waals surface area contributed by atoms with Gasteiger partial charge in [0.15, 0.2) is 0 Å². The van der Waals surface area contributed by atoms with Crippen LogP contribution in [0.3, 0.4) is 0 Å². The number of allylic oxidation sites excluding steroid dienone is 1. The summed E-state index contributed by atoms with van der Waals surface area (Å²) in [6, 6.07) is 0.301. The van der Waals surface area contributed by atoms with Crippen LogP contribution in [0.1, 0.15) is 52.9 Å². The van der Waals surface area contributed by atoms with Crippen molar-refractivity contribution in [3.63, 3.8) is 0 Å². The molecule has 2 atom stereocenters. The zero-order valence-corrected chi connectivity index (χ0v) is 10.3. The standard InChI is InChI=1S/C13H24N2/c1-4-13(3,9-8-11(2)14)12-7-5-6-10-15-12/h6,10-11H,4-5,7-9,14H2,1-3H3/t11?,13-/m0/s1. The Labute approximate surface area is 93.7 Å². The molecule has 0 fully saturated rings. The van der Waals surface area contributed by atoms with Gasteiger partial charge in [-0.3, -0.25) is 4.99 Å². The lowest BCUT2D eigenvalue weighted by Gasteiger charge is -2.31. The third kappa shape index (κ3) is 3.45. The largest absolute Gasteiger partial charge is 0.328 e. The fourth-order valence-electron chi connectivity index (χ4n) is 2.03. The predicted octanol–water partition coefficient (Wildman–Crippen LogP) is 3.28. The Morgan fingerprint density at radius 1 is 1.60 bits per heavy atom. The fourth-order valence-corrected chi connectivity index (χ4v) is 2.03. The summed E-state index contributed by atoms with van der Waals surface area (Å²) in [5, 5.41) is 0. The first kappa shape index (κ1) is 12.4. The molecule has 2 heteroatoms. The van der Waals surface area contributed by atoms with Crippen LogP contribution in [0.4, 0.5) is 0 Å². The summed E-state index contributed by atoms with van der Waals surface area (Å²) < 4.78 is 0. The van der Waals surface area contributed by atoms with E-state index < -0.39 is 0 Å². The van der Waals surface area contributed by atoms with Crippen LogP contribution in [0.15, 0.2) is 17.3 Å². The molecule has 0 saturated heterocycles. The first-order valence-corrected chi connectivity index (χ1v) is 6.06. The maximum atomic E-state index is 5.83. The minimum absolute atomic E-state index is 0.262. The van der Waals surface area contributed by atoms with E-state index in [1.54, 1.807) is 0 Å². The van der Waals surface area contributed by atoms with Crippen LogP contribution in [0.25, 0.3) is 0 Å². The Hall–Kier alpha value is -0.630. The average molecular weight is 208 g/mol. The average Bonchev–Trinajstić information content (AvgIpc) is 2.27. The van der Waals surface area contributed by atoms with Crippen LogP contribution in [-0.2, 0) is 0 Å². The molecule has 0 radical (unpaired) electrons. The first-order chi connectivity index (χ1) is 7.08. The van der Waals surface area contributed by atoms with Gasteiger partial charge in [-0.2, -0.15) is 0 Å². The normalized spacial score (nSPS) is 22.0. The third-order valence-corrected chi connectivity index (χ3v) is 3.51. The molecular formula is C13H24N2. The molecule has 1 aliphatic rings. The molecule has 0 bridgehead atoms. The summed E-state index contributed by atoms with van der Waals surface area (Å²) in [6.07, 6.45) is 9.78. The zero-order valence-electron chi connectivity index (χ0n) is 10.3. The number of rotatable bonds is 5. The number of aliphatic imine (C=N–C) groups is 1. The predicted molar refractivity (Wildman–Crippen MR) is 67.1 cm³/mol. The lowest BCUT2D eigenvalue weighted by Crippen LogP contribution is -2.30. The van der Waals surface area contributed by atoms with Gasteiger partial charge in [0.2, 0.25) is 0 Å². The summed E-state index contributed by atoms with van der Waals surface area (Å²) in [4.78, 5) is 4.55. The first-order valence-electron chi connectivity index (χ1n) is 6.06. The van der Waals surface area contributed by atoms with Gasteiger partial charge in [0, 0.05) is 23.4 Å². The van der Waals surface area contributed by atoms with Crippen molar-refractivity contribution in [3.05, 3.63) is 12.3 Å². The van der Waals surface area contributed by atoms with Gasteiger partial charge >= 0.3 is 0 Å². The summed E-state index contributed by atoms with van der Waals surface area (Å²) in [5.41, 5.74) is 7.46. The van der Waals surface area contributed by atoms with Gasteiger partial charge in [-0.15, -0.1) is 0 Å². The molecule has 1 unspecified atom stereocenters. The van der Waals surface area contributed by atoms with E-state index in [0.717, 1.165) is 32.1 Å². The molecule has 15 heavy (non-hydrogen) atoms. The number of nitrogens with two attached hydrogens (primary N) is 1. The van der Waals surface area contributed by atoms with E-state index in [0.29, 0.717) is 6.04 Å². The monoisotopic (exact) mass is 208 g/mol. The second-order valence-corrected chi connectivity index (χ2v) is 4.93. The second-order valence-electron chi connectivity index (χ2n) is 4.93. The maximum absolute atomic E-state index is 5.83. The van der Waals surface area contributed by atoms with Crippen LogP contribution in [0.5, 0.6) is 0 Å². The highest BCUT2D eigenvalue weighted by molar-refractivity contribution is 5.91. The van der Waals surface area contributed by atoms with Crippen molar-refractivity contribution in [2.45, 2.75) is 58.9 Å². The van der Waals surface area contributed by atoms with Crippen molar-refractivity contribution in [2.75, 3.05) is 0 Å². The van der Waals surface area contributed by atoms with Crippen molar-refractivity contribution in [1.29, 1.82) is 0 Å². The van der Waals surface area contributed by atoms with Crippen molar-refractivity contribution >= 4 is 5.71 Å². The highest BCUT2D eigenvalue weighted by Crippen LogP contribution is 2.33. The summed E-state index contributed by atoms with van der Waals surface area (Å²) >= 11 is 0. The quantitative estimate of drug-likeness (QED) is 0.740. The molecule has 0 saturated carbocycles. The molecule has 86 valence electrons. The topological polar surface area (TPSA) is 38.4 Å². The van der Waals surface area contributed by atoms with E-state index in [4.69, 9.17) is 5.73 Å². The van der Waals surface area contributed by atoms with E-state index >= 15 is 0 Å². The Bertz CT molecular complexity index is 253. The van der Waals surface area contributed by atoms with Crippen LogP contribution in [0, 0.1) is 5.41 Å². The maximum Gasteiger partial charge on any atom is 0.0240 e. The molecular weight excluding hydrogens is 184 g/mol. The van der Waals surface area contributed by atoms with Gasteiger partial charge in [-0.05, 0) is 39.0 Å². The highest BCUT2D eigenvalue weighted by Gasteiger charge is 2.28. The molecule has 2 N–H and O–H groups in total. The molecule has 0 spiro atoms. The molecule has 0 aromatic rings. The van der Waals surface area contributed by atoms with Crippen LogP contribution < -0.4 is 5.73 Å². The lowest BCUT2D eigenvalue weighted by atomic mass is 9.75. The third-order valence-electron chi connectivity index (χ3n) is 3.51. The Kier molecular flexibility index (Phi) is 4.52. The minimum Gasteiger partial charge on any atom is -0.328 e.